The highest BCUT2D eigenvalue weighted by Crippen LogP contribution is 2.35. The fourth-order valence-electron chi connectivity index (χ4n) is 4.23. The minimum atomic E-state index is 0.687. The van der Waals surface area contributed by atoms with Gasteiger partial charge in [0.1, 0.15) is 5.75 Å². The molecule has 0 fully saturated rings. The van der Waals surface area contributed by atoms with Crippen molar-refractivity contribution in [3.05, 3.63) is 90.0 Å². The normalized spacial score (nSPS) is 11.6. The van der Waals surface area contributed by atoms with Crippen LogP contribution in [0, 0.1) is 0 Å². The molecule has 138 valence electrons. The lowest BCUT2D eigenvalue weighted by Crippen LogP contribution is -2.14. The lowest BCUT2D eigenvalue weighted by atomic mass is 9.92. The van der Waals surface area contributed by atoms with Gasteiger partial charge in [0.05, 0.1) is 6.61 Å². The Hall–Kier alpha value is -3.10. The Morgan fingerprint density at radius 3 is 2.14 bits per heavy atom. The third kappa shape index (κ3) is 2.87. The van der Waals surface area contributed by atoms with Crippen molar-refractivity contribution in [2.75, 3.05) is 6.61 Å². The summed E-state index contributed by atoms with van der Waals surface area (Å²) in [5.74, 6) is 0.966. The van der Waals surface area contributed by atoms with E-state index in [1.165, 1.54) is 43.4 Å². The first kappa shape index (κ1) is 17.0. The minimum absolute atomic E-state index is 0.687. The molecule has 0 spiro atoms. The van der Waals surface area contributed by atoms with Crippen LogP contribution in [0.2, 0.25) is 0 Å². The molecule has 5 aromatic rings. The van der Waals surface area contributed by atoms with E-state index in [0.717, 1.165) is 18.8 Å². The first-order chi connectivity index (χ1) is 13.8. The number of para-hydroxylation sites is 1. The van der Waals surface area contributed by atoms with Crippen LogP contribution in [-0.2, 0) is 13.1 Å². The molecule has 0 unspecified atom stereocenters. The smallest absolute Gasteiger partial charge is 0.123 e. The molecule has 2 nitrogen and oxygen atoms in total. The Morgan fingerprint density at radius 1 is 0.643 bits per heavy atom. The summed E-state index contributed by atoms with van der Waals surface area (Å²) in [6.07, 6.45) is 0. The maximum Gasteiger partial charge on any atom is 0.123 e. The SMILES string of the molecule is CCOc1ccccc1CNCc1ccc2ccc3cccc4ccc1c2c34. The lowest BCUT2D eigenvalue weighted by molar-refractivity contribution is 0.335. The Balaban J connectivity index is 1.48. The van der Waals surface area contributed by atoms with Gasteiger partial charge in [-0.25, -0.2) is 0 Å². The van der Waals surface area contributed by atoms with Crippen LogP contribution in [0.25, 0.3) is 32.3 Å². The van der Waals surface area contributed by atoms with E-state index in [1.54, 1.807) is 0 Å². The third-order valence-electron chi connectivity index (χ3n) is 5.52. The van der Waals surface area contributed by atoms with Crippen LogP contribution >= 0.6 is 0 Å². The van der Waals surface area contributed by atoms with E-state index < -0.39 is 0 Å². The van der Waals surface area contributed by atoms with Gasteiger partial charge in [0.25, 0.3) is 0 Å². The summed E-state index contributed by atoms with van der Waals surface area (Å²) >= 11 is 0. The van der Waals surface area contributed by atoms with Crippen molar-refractivity contribution in [3.8, 4) is 5.75 Å². The Bertz CT molecular complexity index is 1240. The van der Waals surface area contributed by atoms with E-state index in [-0.39, 0.29) is 0 Å². The number of rotatable bonds is 6. The molecule has 0 radical (unpaired) electrons. The maximum absolute atomic E-state index is 5.75. The summed E-state index contributed by atoms with van der Waals surface area (Å²) in [6, 6.07) is 28.3. The van der Waals surface area contributed by atoms with E-state index in [0.29, 0.717) is 6.61 Å². The highest BCUT2D eigenvalue weighted by molar-refractivity contribution is 6.23. The van der Waals surface area contributed by atoms with Gasteiger partial charge < -0.3 is 10.1 Å². The highest BCUT2D eigenvalue weighted by Gasteiger charge is 2.10. The summed E-state index contributed by atoms with van der Waals surface area (Å²) in [5, 5.41) is 11.6. The van der Waals surface area contributed by atoms with Gasteiger partial charge in [0.15, 0.2) is 0 Å². The maximum atomic E-state index is 5.75. The third-order valence-corrected chi connectivity index (χ3v) is 5.52. The summed E-state index contributed by atoms with van der Waals surface area (Å²) in [5.41, 5.74) is 2.53. The topological polar surface area (TPSA) is 21.3 Å². The molecule has 0 bridgehead atoms. The summed E-state index contributed by atoms with van der Waals surface area (Å²) in [6.45, 7) is 4.33. The van der Waals surface area contributed by atoms with E-state index >= 15 is 0 Å². The van der Waals surface area contributed by atoms with Crippen LogP contribution in [0.15, 0.2) is 78.9 Å². The summed E-state index contributed by atoms with van der Waals surface area (Å²) < 4.78 is 5.75. The number of hydrogen-bond donors (Lipinski definition) is 1. The van der Waals surface area contributed by atoms with Crippen LogP contribution in [0.1, 0.15) is 18.1 Å². The summed E-state index contributed by atoms with van der Waals surface area (Å²) in [7, 11) is 0. The van der Waals surface area contributed by atoms with Crippen LogP contribution in [-0.4, -0.2) is 6.61 Å². The molecule has 0 aromatic heterocycles. The molecule has 1 N–H and O–H groups in total. The van der Waals surface area contributed by atoms with Crippen molar-refractivity contribution in [1.29, 1.82) is 0 Å². The van der Waals surface area contributed by atoms with Gasteiger partial charge in [-0.05, 0) is 50.9 Å². The zero-order valence-electron chi connectivity index (χ0n) is 16.0. The monoisotopic (exact) mass is 365 g/mol. The van der Waals surface area contributed by atoms with Crippen molar-refractivity contribution >= 4 is 32.3 Å². The first-order valence-corrected chi connectivity index (χ1v) is 9.92. The molecule has 28 heavy (non-hydrogen) atoms. The molecule has 0 aliphatic carbocycles. The molecule has 5 aromatic carbocycles. The fourth-order valence-corrected chi connectivity index (χ4v) is 4.23. The van der Waals surface area contributed by atoms with Crippen LogP contribution in [0.4, 0.5) is 0 Å². The average Bonchev–Trinajstić information content (AvgIpc) is 2.74. The second-order valence-electron chi connectivity index (χ2n) is 7.23. The molecule has 0 saturated heterocycles. The number of hydrogen-bond acceptors (Lipinski definition) is 2. The molecule has 0 heterocycles. The molecule has 2 heteroatoms. The van der Waals surface area contributed by atoms with Crippen LogP contribution < -0.4 is 10.1 Å². The van der Waals surface area contributed by atoms with E-state index in [4.69, 9.17) is 4.74 Å². The van der Waals surface area contributed by atoms with E-state index in [2.05, 4.69) is 72.0 Å². The van der Waals surface area contributed by atoms with Crippen molar-refractivity contribution < 1.29 is 4.74 Å². The molecule has 0 amide bonds. The predicted octanol–water partition coefficient (Wildman–Crippen LogP) is 6.27. The van der Waals surface area contributed by atoms with Crippen LogP contribution in [0.5, 0.6) is 5.75 Å². The number of nitrogens with one attached hydrogen (secondary N) is 1. The van der Waals surface area contributed by atoms with Gasteiger partial charge in [0.2, 0.25) is 0 Å². The van der Waals surface area contributed by atoms with Gasteiger partial charge in [-0.3, -0.25) is 0 Å². The van der Waals surface area contributed by atoms with Gasteiger partial charge >= 0.3 is 0 Å². The standard InChI is InChI=1S/C26H23NO/c1-2-28-24-9-4-3-6-22(24)17-27-16-21-13-12-20-11-10-18-7-5-8-19-14-15-23(21)26(20)25(18)19/h3-15,27H,2,16-17H2,1H3. The van der Waals surface area contributed by atoms with Gasteiger partial charge in [-0.1, -0.05) is 72.8 Å². The summed E-state index contributed by atoms with van der Waals surface area (Å²) in [4.78, 5) is 0. The first-order valence-electron chi connectivity index (χ1n) is 9.92. The quantitative estimate of drug-likeness (QED) is 0.358. The Morgan fingerprint density at radius 2 is 1.32 bits per heavy atom. The largest absolute Gasteiger partial charge is 0.494 e. The molecular weight excluding hydrogens is 342 g/mol. The minimum Gasteiger partial charge on any atom is -0.494 e. The molecule has 0 aliphatic rings. The molecule has 0 saturated carbocycles. The molecule has 0 atom stereocenters. The van der Waals surface area contributed by atoms with Crippen LogP contribution in [0.3, 0.4) is 0 Å². The molecule has 5 rings (SSSR count). The second kappa shape index (κ2) is 7.14. The average molecular weight is 365 g/mol. The van der Waals surface area contributed by atoms with Crippen molar-refractivity contribution in [1.82, 2.24) is 5.32 Å². The van der Waals surface area contributed by atoms with Crippen molar-refractivity contribution in [2.24, 2.45) is 0 Å². The molecular formula is C26H23NO. The molecule has 0 aliphatic heterocycles. The fraction of sp³-hybridized carbons (Fsp3) is 0.154. The lowest BCUT2D eigenvalue weighted by Gasteiger charge is -2.15. The highest BCUT2D eigenvalue weighted by atomic mass is 16.5. The zero-order valence-corrected chi connectivity index (χ0v) is 16.0. The second-order valence-corrected chi connectivity index (χ2v) is 7.23. The Labute approximate surface area is 165 Å². The van der Waals surface area contributed by atoms with E-state index in [9.17, 15) is 0 Å². The van der Waals surface area contributed by atoms with Gasteiger partial charge in [-0.2, -0.15) is 0 Å². The number of benzene rings is 5. The van der Waals surface area contributed by atoms with Crippen molar-refractivity contribution in [2.45, 2.75) is 20.0 Å². The Kier molecular flexibility index (Phi) is 4.34. The van der Waals surface area contributed by atoms with E-state index in [1.807, 2.05) is 19.1 Å². The number of ether oxygens (including phenoxy) is 1. The van der Waals surface area contributed by atoms with Gasteiger partial charge in [0, 0.05) is 18.7 Å². The zero-order chi connectivity index (χ0) is 18.9. The predicted molar refractivity (Wildman–Crippen MR) is 118 cm³/mol. The van der Waals surface area contributed by atoms with Crippen molar-refractivity contribution in [3.63, 3.8) is 0 Å². The van der Waals surface area contributed by atoms with Gasteiger partial charge in [-0.15, -0.1) is 0 Å².